The Kier molecular flexibility index (Phi) is 4.34. The van der Waals surface area contributed by atoms with Gasteiger partial charge in [0.25, 0.3) is 0 Å². The fourth-order valence-electron chi connectivity index (χ4n) is 3.31. The first kappa shape index (κ1) is 15.3. The molecule has 1 heterocycles. The SMILES string of the molecule is COCC1(C(=O)O)CCCN1C(=O)CC1(OC)CCC1. The summed E-state index contributed by atoms with van der Waals surface area (Å²) >= 11 is 0. The van der Waals surface area contributed by atoms with E-state index in [1.165, 1.54) is 12.0 Å². The fourth-order valence-corrected chi connectivity index (χ4v) is 3.31. The van der Waals surface area contributed by atoms with Gasteiger partial charge in [0, 0.05) is 20.8 Å². The largest absolute Gasteiger partial charge is 0.479 e. The number of likely N-dealkylation sites (tertiary alicyclic amines) is 1. The maximum Gasteiger partial charge on any atom is 0.332 e. The second-order valence-electron chi connectivity index (χ2n) is 5.84. The molecule has 6 heteroatoms. The summed E-state index contributed by atoms with van der Waals surface area (Å²) in [4.78, 5) is 25.7. The summed E-state index contributed by atoms with van der Waals surface area (Å²) in [5, 5.41) is 9.54. The molecule has 6 nitrogen and oxygen atoms in total. The molecule has 0 aromatic carbocycles. The van der Waals surface area contributed by atoms with Crippen LogP contribution in [0.4, 0.5) is 0 Å². The number of aliphatic carboxylic acids is 1. The lowest BCUT2D eigenvalue weighted by atomic mass is 9.77. The molecule has 1 aliphatic heterocycles. The van der Waals surface area contributed by atoms with Crippen molar-refractivity contribution in [2.75, 3.05) is 27.4 Å². The van der Waals surface area contributed by atoms with Crippen LogP contribution >= 0.6 is 0 Å². The number of methoxy groups -OCH3 is 2. The summed E-state index contributed by atoms with van der Waals surface area (Å²) in [6.45, 7) is 0.516. The van der Waals surface area contributed by atoms with Gasteiger partial charge in [0.05, 0.1) is 18.6 Å². The monoisotopic (exact) mass is 285 g/mol. The van der Waals surface area contributed by atoms with Crippen molar-refractivity contribution in [3.63, 3.8) is 0 Å². The third kappa shape index (κ3) is 2.42. The molecule has 0 aromatic rings. The number of hydrogen-bond donors (Lipinski definition) is 1. The molecule has 1 saturated carbocycles. The van der Waals surface area contributed by atoms with E-state index >= 15 is 0 Å². The van der Waals surface area contributed by atoms with Crippen LogP contribution in [0.2, 0.25) is 0 Å². The molecule has 1 aliphatic carbocycles. The number of carboxylic acid groups (broad SMARTS) is 1. The summed E-state index contributed by atoms with van der Waals surface area (Å²) in [6, 6.07) is 0. The van der Waals surface area contributed by atoms with Crippen LogP contribution in [-0.2, 0) is 19.1 Å². The van der Waals surface area contributed by atoms with Crippen LogP contribution in [0.25, 0.3) is 0 Å². The number of carboxylic acids is 1. The van der Waals surface area contributed by atoms with Crippen LogP contribution in [0, 0.1) is 0 Å². The summed E-state index contributed by atoms with van der Waals surface area (Å²) in [5.41, 5.74) is -1.58. The Morgan fingerprint density at radius 1 is 1.20 bits per heavy atom. The molecule has 0 aromatic heterocycles. The van der Waals surface area contributed by atoms with Gasteiger partial charge in [-0.15, -0.1) is 0 Å². The second kappa shape index (κ2) is 5.69. The molecule has 2 rings (SSSR count). The molecule has 1 saturated heterocycles. The highest BCUT2D eigenvalue weighted by atomic mass is 16.5. The number of ether oxygens (including phenoxy) is 2. The number of carbonyl (C=O) groups excluding carboxylic acids is 1. The number of amides is 1. The molecule has 0 bridgehead atoms. The average molecular weight is 285 g/mol. The van der Waals surface area contributed by atoms with Crippen molar-refractivity contribution in [1.82, 2.24) is 4.90 Å². The van der Waals surface area contributed by atoms with Gasteiger partial charge in [0.1, 0.15) is 0 Å². The molecule has 1 N–H and O–H groups in total. The van der Waals surface area contributed by atoms with Gasteiger partial charge in [0.15, 0.2) is 5.54 Å². The molecule has 1 atom stereocenters. The lowest BCUT2D eigenvalue weighted by molar-refractivity contribution is -0.164. The van der Waals surface area contributed by atoms with Gasteiger partial charge in [-0.05, 0) is 32.1 Å². The second-order valence-corrected chi connectivity index (χ2v) is 5.84. The van der Waals surface area contributed by atoms with Crippen LogP contribution in [-0.4, -0.2) is 60.4 Å². The Labute approximate surface area is 119 Å². The van der Waals surface area contributed by atoms with Gasteiger partial charge >= 0.3 is 5.97 Å². The van der Waals surface area contributed by atoms with Crippen molar-refractivity contribution >= 4 is 11.9 Å². The lowest BCUT2D eigenvalue weighted by Gasteiger charge is -2.42. The molecule has 114 valence electrons. The number of hydrogen-bond acceptors (Lipinski definition) is 4. The van der Waals surface area contributed by atoms with E-state index in [0.29, 0.717) is 19.4 Å². The molecule has 1 unspecified atom stereocenters. The van der Waals surface area contributed by atoms with Crippen LogP contribution in [0.1, 0.15) is 38.5 Å². The first-order valence-corrected chi connectivity index (χ1v) is 7.08. The zero-order valence-corrected chi connectivity index (χ0v) is 12.2. The molecule has 2 fully saturated rings. The smallest absolute Gasteiger partial charge is 0.332 e. The number of rotatable bonds is 6. The normalized spacial score (nSPS) is 28.2. The van der Waals surface area contributed by atoms with E-state index in [1.807, 2.05) is 0 Å². The van der Waals surface area contributed by atoms with Gasteiger partial charge in [-0.2, -0.15) is 0 Å². The van der Waals surface area contributed by atoms with Crippen LogP contribution < -0.4 is 0 Å². The van der Waals surface area contributed by atoms with Crippen LogP contribution in [0.3, 0.4) is 0 Å². The predicted octanol–water partition coefficient (Wildman–Crippen LogP) is 1.04. The van der Waals surface area contributed by atoms with Gasteiger partial charge in [-0.25, -0.2) is 4.79 Å². The predicted molar refractivity (Wildman–Crippen MR) is 71.4 cm³/mol. The van der Waals surface area contributed by atoms with Crippen molar-refractivity contribution in [2.24, 2.45) is 0 Å². The Hall–Kier alpha value is -1.14. The van der Waals surface area contributed by atoms with E-state index in [2.05, 4.69) is 0 Å². The Morgan fingerprint density at radius 2 is 1.90 bits per heavy atom. The fraction of sp³-hybridized carbons (Fsp3) is 0.857. The van der Waals surface area contributed by atoms with E-state index in [9.17, 15) is 14.7 Å². The summed E-state index contributed by atoms with van der Waals surface area (Å²) < 4.78 is 10.5. The standard InChI is InChI=1S/C14H23NO5/c1-19-10-14(12(17)18)7-4-8-15(14)11(16)9-13(20-2)5-3-6-13/h3-10H2,1-2H3,(H,17,18). The van der Waals surface area contributed by atoms with Crippen molar-refractivity contribution in [3.05, 3.63) is 0 Å². The highest BCUT2D eigenvalue weighted by molar-refractivity contribution is 5.88. The first-order chi connectivity index (χ1) is 9.49. The lowest BCUT2D eigenvalue weighted by Crippen LogP contribution is -2.57. The molecule has 0 radical (unpaired) electrons. The van der Waals surface area contributed by atoms with E-state index in [4.69, 9.17) is 9.47 Å². The van der Waals surface area contributed by atoms with E-state index < -0.39 is 11.5 Å². The zero-order valence-electron chi connectivity index (χ0n) is 12.2. The van der Waals surface area contributed by atoms with Gasteiger partial charge in [-0.1, -0.05) is 0 Å². The highest BCUT2D eigenvalue weighted by Gasteiger charge is 2.52. The third-order valence-electron chi connectivity index (χ3n) is 4.74. The summed E-state index contributed by atoms with van der Waals surface area (Å²) in [6.07, 6.45) is 4.20. The molecular weight excluding hydrogens is 262 g/mol. The minimum Gasteiger partial charge on any atom is -0.479 e. The van der Waals surface area contributed by atoms with Crippen molar-refractivity contribution in [1.29, 1.82) is 0 Å². The first-order valence-electron chi connectivity index (χ1n) is 7.08. The Balaban J connectivity index is 2.13. The minimum atomic E-state index is -1.20. The third-order valence-corrected chi connectivity index (χ3v) is 4.74. The van der Waals surface area contributed by atoms with E-state index in [-0.39, 0.29) is 24.5 Å². The van der Waals surface area contributed by atoms with Crippen molar-refractivity contribution in [2.45, 2.75) is 49.7 Å². The Bertz CT molecular complexity index is 388. The summed E-state index contributed by atoms with van der Waals surface area (Å²) in [5.74, 6) is -1.12. The molecule has 20 heavy (non-hydrogen) atoms. The average Bonchev–Trinajstić information content (AvgIpc) is 2.79. The van der Waals surface area contributed by atoms with Gasteiger partial charge in [0.2, 0.25) is 5.91 Å². The minimum absolute atomic E-state index is 0.0358. The van der Waals surface area contributed by atoms with Crippen LogP contribution in [0.15, 0.2) is 0 Å². The number of nitrogens with zero attached hydrogens (tertiary/aromatic N) is 1. The quantitative estimate of drug-likeness (QED) is 0.789. The summed E-state index contributed by atoms with van der Waals surface area (Å²) in [7, 11) is 3.09. The maximum atomic E-state index is 12.5. The van der Waals surface area contributed by atoms with Crippen molar-refractivity contribution in [3.8, 4) is 0 Å². The van der Waals surface area contributed by atoms with Gasteiger partial charge < -0.3 is 19.5 Å². The highest BCUT2D eigenvalue weighted by Crippen LogP contribution is 2.40. The number of carbonyl (C=O) groups is 2. The van der Waals surface area contributed by atoms with Crippen molar-refractivity contribution < 1.29 is 24.2 Å². The van der Waals surface area contributed by atoms with Crippen LogP contribution in [0.5, 0.6) is 0 Å². The topological polar surface area (TPSA) is 76.1 Å². The molecule has 2 aliphatic rings. The van der Waals surface area contributed by atoms with Gasteiger partial charge in [-0.3, -0.25) is 4.79 Å². The Morgan fingerprint density at radius 3 is 2.35 bits per heavy atom. The maximum absolute atomic E-state index is 12.5. The molecule has 0 spiro atoms. The zero-order chi connectivity index (χ0) is 14.8. The molecule has 1 amide bonds. The van der Waals surface area contributed by atoms with E-state index in [1.54, 1.807) is 7.11 Å². The van der Waals surface area contributed by atoms with E-state index in [0.717, 1.165) is 19.3 Å². The molecular formula is C14H23NO5.